The third-order valence-electron chi connectivity index (χ3n) is 2.46. The van der Waals surface area contributed by atoms with Crippen LogP contribution in [0.1, 0.15) is 12.0 Å². The molecule has 1 aliphatic heterocycles. The monoisotopic (exact) mass is 244 g/mol. The fourth-order valence-electron chi connectivity index (χ4n) is 1.62. The molecule has 0 aromatic heterocycles. The number of aliphatic hydroxyl groups is 1. The summed E-state index contributed by atoms with van der Waals surface area (Å²) in [6.45, 7) is 0. The molecule has 1 aliphatic rings. The fourth-order valence-corrected chi connectivity index (χ4v) is 2.95. The summed E-state index contributed by atoms with van der Waals surface area (Å²) in [7, 11) is 0. The van der Waals surface area contributed by atoms with Crippen molar-refractivity contribution in [2.24, 2.45) is 0 Å². The van der Waals surface area contributed by atoms with Crippen molar-refractivity contribution in [3.05, 3.63) is 28.8 Å². The minimum Gasteiger partial charge on any atom is -0.479 e. The summed E-state index contributed by atoms with van der Waals surface area (Å²) in [6, 6.07) is 4.97. The highest BCUT2D eigenvalue weighted by molar-refractivity contribution is 7.99. The van der Waals surface area contributed by atoms with Crippen molar-refractivity contribution < 1.29 is 15.0 Å². The topological polar surface area (TPSA) is 57.5 Å². The molecule has 1 aromatic rings. The van der Waals surface area contributed by atoms with Gasteiger partial charge < -0.3 is 10.2 Å². The summed E-state index contributed by atoms with van der Waals surface area (Å²) >= 11 is 7.33. The molecule has 0 fully saturated rings. The van der Waals surface area contributed by atoms with Crippen molar-refractivity contribution in [1.29, 1.82) is 0 Å². The predicted octanol–water partition coefficient (Wildman–Crippen LogP) is 2.11. The van der Waals surface area contributed by atoms with E-state index in [9.17, 15) is 9.90 Å². The Labute approximate surface area is 96.1 Å². The van der Waals surface area contributed by atoms with Crippen LogP contribution < -0.4 is 0 Å². The van der Waals surface area contributed by atoms with Crippen LogP contribution in [0.15, 0.2) is 23.1 Å². The third kappa shape index (κ3) is 1.73. The molecular formula is C10H9ClO3S. The van der Waals surface area contributed by atoms with Crippen molar-refractivity contribution >= 4 is 29.3 Å². The van der Waals surface area contributed by atoms with Crippen LogP contribution in [0.4, 0.5) is 0 Å². The smallest absolute Gasteiger partial charge is 0.340 e. The zero-order valence-electron chi connectivity index (χ0n) is 7.74. The maximum absolute atomic E-state index is 11.0. The Morgan fingerprint density at radius 1 is 1.53 bits per heavy atom. The highest BCUT2D eigenvalue weighted by Crippen LogP contribution is 2.41. The number of hydrogen-bond acceptors (Lipinski definition) is 3. The highest BCUT2D eigenvalue weighted by atomic mass is 35.5. The van der Waals surface area contributed by atoms with Crippen LogP contribution in [0.25, 0.3) is 0 Å². The van der Waals surface area contributed by atoms with Gasteiger partial charge in [-0.3, -0.25) is 0 Å². The molecule has 0 radical (unpaired) electrons. The van der Waals surface area contributed by atoms with Gasteiger partial charge in [-0.15, -0.1) is 11.8 Å². The number of rotatable bonds is 1. The Hall–Kier alpha value is -0.710. The fraction of sp³-hybridized carbons (Fsp3) is 0.300. The number of thioether (sulfide) groups is 1. The first kappa shape index (κ1) is 10.8. The van der Waals surface area contributed by atoms with Gasteiger partial charge in [-0.25, -0.2) is 4.79 Å². The van der Waals surface area contributed by atoms with E-state index in [0.29, 0.717) is 16.3 Å². The molecule has 1 unspecified atom stereocenters. The molecule has 0 aliphatic carbocycles. The Kier molecular flexibility index (Phi) is 2.66. The van der Waals surface area contributed by atoms with Gasteiger partial charge in [-0.05, 0) is 18.2 Å². The zero-order valence-corrected chi connectivity index (χ0v) is 9.31. The molecule has 2 rings (SSSR count). The maximum atomic E-state index is 11.0. The summed E-state index contributed by atoms with van der Waals surface area (Å²) < 4.78 is 0. The van der Waals surface area contributed by atoms with Gasteiger partial charge in [0.25, 0.3) is 0 Å². The van der Waals surface area contributed by atoms with Gasteiger partial charge in [0.2, 0.25) is 0 Å². The molecular weight excluding hydrogens is 236 g/mol. The van der Waals surface area contributed by atoms with E-state index in [4.69, 9.17) is 16.7 Å². The number of aliphatic carboxylic acids is 1. The zero-order chi connectivity index (χ0) is 11.1. The standard InChI is InChI=1S/C10H9ClO3S/c11-6-1-2-8-7(5-6)10(14,9(12)13)3-4-15-8/h1-2,5,14H,3-4H2,(H,12,13). The predicted molar refractivity (Wildman–Crippen MR) is 58.3 cm³/mol. The lowest BCUT2D eigenvalue weighted by atomic mass is 9.91. The summed E-state index contributed by atoms with van der Waals surface area (Å²) in [4.78, 5) is 11.8. The first-order chi connectivity index (χ1) is 7.04. The molecule has 0 saturated heterocycles. The van der Waals surface area contributed by atoms with Crippen LogP contribution in [0.3, 0.4) is 0 Å². The van der Waals surface area contributed by atoms with Crippen molar-refractivity contribution in [3.8, 4) is 0 Å². The summed E-state index contributed by atoms with van der Waals surface area (Å²) in [6.07, 6.45) is 0.209. The van der Waals surface area contributed by atoms with Crippen molar-refractivity contribution in [2.75, 3.05) is 5.75 Å². The number of hydrogen-bond donors (Lipinski definition) is 2. The average molecular weight is 245 g/mol. The summed E-state index contributed by atoms with van der Waals surface area (Å²) in [5.41, 5.74) is -1.38. The average Bonchev–Trinajstić information content (AvgIpc) is 2.19. The van der Waals surface area contributed by atoms with Gasteiger partial charge in [0.05, 0.1) is 0 Å². The first-order valence-corrected chi connectivity index (χ1v) is 5.79. The van der Waals surface area contributed by atoms with Gasteiger partial charge in [0.15, 0.2) is 5.60 Å². The Morgan fingerprint density at radius 3 is 2.93 bits per heavy atom. The van der Waals surface area contributed by atoms with Crippen LogP contribution >= 0.6 is 23.4 Å². The second-order valence-corrected chi connectivity index (χ2v) is 4.98. The van der Waals surface area contributed by atoms with Crippen molar-refractivity contribution in [2.45, 2.75) is 16.9 Å². The molecule has 1 atom stereocenters. The minimum absolute atomic E-state index is 0.209. The quantitative estimate of drug-likeness (QED) is 0.795. The molecule has 15 heavy (non-hydrogen) atoms. The first-order valence-electron chi connectivity index (χ1n) is 4.42. The van der Waals surface area contributed by atoms with Gasteiger partial charge in [-0.1, -0.05) is 11.6 Å². The normalized spacial score (nSPS) is 24.7. The maximum Gasteiger partial charge on any atom is 0.340 e. The van der Waals surface area contributed by atoms with Crippen LogP contribution in [-0.4, -0.2) is 21.9 Å². The lowest BCUT2D eigenvalue weighted by molar-refractivity contribution is -0.160. The van der Waals surface area contributed by atoms with E-state index in [1.165, 1.54) is 17.8 Å². The Morgan fingerprint density at radius 2 is 2.27 bits per heavy atom. The van der Waals surface area contributed by atoms with Gasteiger partial charge in [-0.2, -0.15) is 0 Å². The van der Waals surface area contributed by atoms with Crippen LogP contribution in [0, 0.1) is 0 Å². The second-order valence-electron chi connectivity index (χ2n) is 3.40. The van der Waals surface area contributed by atoms with E-state index in [1.54, 1.807) is 12.1 Å². The molecule has 80 valence electrons. The number of fused-ring (bicyclic) bond motifs is 1. The van der Waals surface area contributed by atoms with Crippen molar-refractivity contribution in [1.82, 2.24) is 0 Å². The SMILES string of the molecule is O=C(O)C1(O)CCSc2ccc(Cl)cc21. The summed E-state index contributed by atoms with van der Waals surface area (Å²) in [5, 5.41) is 19.5. The molecule has 3 nitrogen and oxygen atoms in total. The second kappa shape index (κ2) is 3.70. The van der Waals surface area contributed by atoms with E-state index >= 15 is 0 Å². The lowest BCUT2D eigenvalue weighted by Gasteiger charge is -2.30. The van der Waals surface area contributed by atoms with Crippen LogP contribution in [0.5, 0.6) is 0 Å². The molecule has 1 aromatic carbocycles. The van der Waals surface area contributed by atoms with E-state index in [1.807, 2.05) is 0 Å². The third-order valence-corrected chi connectivity index (χ3v) is 3.77. The van der Waals surface area contributed by atoms with Crippen LogP contribution in [0.2, 0.25) is 5.02 Å². The van der Waals surface area contributed by atoms with Crippen LogP contribution in [-0.2, 0) is 10.4 Å². The molecule has 5 heteroatoms. The van der Waals surface area contributed by atoms with E-state index in [-0.39, 0.29) is 6.42 Å². The van der Waals surface area contributed by atoms with E-state index in [2.05, 4.69) is 0 Å². The number of carbonyl (C=O) groups is 1. The van der Waals surface area contributed by atoms with Gasteiger partial charge in [0, 0.05) is 27.7 Å². The summed E-state index contributed by atoms with van der Waals surface area (Å²) in [5.74, 6) is -0.622. The molecule has 0 bridgehead atoms. The van der Waals surface area contributed by atoms with E-state index < -0.39 is 11.6 Å². The Balaban J connectivity index is 2.59. The number of halogens is 1. The van der Waals surface area contributed by atoms with Gasteiger partial charge >= 0.3 is 5.97 Å². The van der Waals surface area contributed by atoms with Crippen molar-refractivity contribution in [3.63, 3.8) is 0 Å². The number of benzene rings is 1. The van der Waals surface area contributed by atoms with Gasteiger partial charge in [0.1, 0.15) is 0 Å². The molecule has 1 heterocycles. The highest BCUT2D eigenvalue weighted by Gasteiger charge is 2.42. The molecule has 0 amide bonds. The number of carboxylic acids is 1. The largest absolute Gasteiger partial charge is 0.479 e. The molecule has 2 N–H and O–H groups in total. The molecule has 0 spiro atoms. The number of carboxylic acid groups (broad SMARTS) is 1. The van der Waals surface area contributed by atoms with E-state index in [0.717, 1.165) is 4.90 Å². The minimum atomic E-state index is -1.79. The lowest BCUT2D eigenvalue weighted by Crippen LogP contribution is -2.38. The molecule has 0 saturated carbocycles. The Bertz CT molecular complexity index is 421.